The summed E-state index contributed by atoms with van der Waals surface area (Å²) in [6.45, 7) is 6.64. The number of benzene rings is 2. The highest BCUT2D eigenvalue weighted by Crippen LogP contribution is 2.16. The fraction of sp³-hybridized carbons (Fsp3) is 0.517. The summed E-state index contributed by atoms with van der Waals surface area (Å²) in [5.74, 6) is 0.558. The number of carbonyl (C=O) groups is 2. The van der Waals surface area contributed by atoms with Gasteiger partial charge in [-0.2, -0.15) is 0 Å². The van der Waals surface area contributed by atoms with Crippen molar-refractivity contribution in [3.63, 3.8) is 0 Å². The van der Waals surface area contributed by atoms with E-state index in [0.29, 0.717) is 32.4 Å². The summed E-state index contributed by atoms with van der Waals surface area (Å²) in [5.41, 5.74) is 8.67. The molecular weight excluding hydrogens is 534 g/mol. The standard InChI is InChI=1S/C29H42BrN3O4/c1-4-15-33(16-5-2)28(34)13-8-14-29(35)37-27(26(31)19-22-9-6-11-24(30)17-22)21-32-20-23-10-7-12-25(18-23)36-3/h6-7,9-12,17-18,26-27,32H,4-5,8,13-16,19-21,31H2,1-3H3. The maximum Gasteiger partial charge on any atom is 0.306 e. The van der Waals surface area contributed by atoms with Crippen LogP contribution in [-0.4, -0.2) is 55.7 Å². The number of nitrogens with zero attached hydrogens (tertiary/aromatic N) is 1. The highest BCUT2D eigenvalue weighted by molar-refractivity contribution is 9.10. The van der Waals surface area contributed by atoms with Crippen LogP contribution in [0, 0.1) is 0 Å². The first-order chi connectivity index (χ1) is 17.9. The van der Waals surface area contributed by atoms with Gasteiger partial charge in [-0.1, -0.05) is 54.0 Å². The predicted octanol–water partition coefficient (Wildman–Crippen LogP) is 4.85. The Labute approximate surface area is 230 Å². The predicted molar refractivity (Wildman–Crippen MR) is 151 cm³/mol. The summed E-state index contributed by atoms with van der Waals surface area (Å²) in [4.78, 5) is 27.1. The van der Waals surface area contributed by atoms with Crippen LogP contribution in [0.25, 0.3) is 0 Å². The first-order valence-electron chi connectivity index (χ1n) is 13.2. The summed E-state index contributed by atoms with van der Waals surface area (Å²) in [6.07, 6.45) is 2.91. The molecule has 0 heterocycles. The highest BCUT2D eigenvalue weighted by Gasteiger charge is 2.23. The largest absolute Gasteiger partial charge is 0.497 e. The molecule has 0 aliphatic carbocycles. The van der Waals surface area contributed by atoms with Crippen LogP contribution in [0.15, 0.2) is 53.0 Å². The second-order valence-corrected chi connectivity index (χ2v) is 10.2. The number of halogens is 1. The van der Waals surface area contributed by atoms with E-state index in [0.717, 1.165) is 47.3 Å². The number of hydrogen-bond donors (Lipinski definition) is 2. The van der Waals surface area contributed by atoms with Crippen molar-refractivity contribution in [1.82, 2.24) is 10.2 Å². The molecule has 0 aromatic heterocycles. The maximum atomic E-state index is 12.7. The summed E-state index contributed by atoms with van der Waals surface area (Å²) in [6, 6.07) is 15.4. The van der Waals surface area contributed by atoms with Crippen LogP contribution >= 0.6 is 15.9 Å². The number of nitrogens with one attached hydrogen (secondary N) is 1. The molecule has 2 aromatic rings. The summed E-state index contributed by atoms with van der Waals surface area (Å²) in [7, 11) is 1.64. The Bertz CT molecular complexity index is 966. The number of rotatable bonds is 17. The number of esters is 1. The van der Waals surface area contributed by atoms with E-state index in [1.807, 2.05) is 53.4 Å². The van der Waals surface area contributed by atoms with Crippen molar-refractivity contribution in [2.24, 2.45) is 5.73 Å². The van der Waals surface area contributed by atoms with Gasteiger partial charge < -0.3 is 25.4 Å². The minimum atomic E-state index is -0.510. The molecule has 0 aliphatic heterocycles. The third-order valence-electron chi connectivity index (χ3n) is 6.04. The topological polar surface area (TPSA) is 93.9 Å². The Morgan fingerprint density at radius 3 is 2.41 bits per heavy atom. The first-order valence-corrected chi connectivity index (χ1v) is 14.0. The van der Waals surface area contributed by atoms with E-state index in [1.54, 1.807) is 7.11 Å². The fourth-order valence-electron chi connectivity index (χ4n) is 4.16. The molecule has 2 rings (SSSR count). The Hall–Kier alpha value is -2.42. The molecule has 7 nitrogen and oxygen atoms in total. The monoisotopic (exact) mass is 575 g/mol. The molecule has 2 atom stereocenters. The van der Waals surface area contributed by atoms with Gasteiger partial charge >= 0.3 is 5.97 Å². The Morgan fingerprint density at radius 2 is 1.73 bits per heavy atom. The van der Waals surface area contributed by atoms with Gasteiger partial charge in [-0.3, -0.25) is 9.59 Å². The van der Waals surface area contributed by atoms with E-state index >= 15 is 0 Å². The lowest BCUT2D eigenvalue weighted by atomic mass is 10.0. The Morgan fingerprint density at radius 1 is 1.03 bits per heavy atom. The maximum absolute atomic E-state index is 12.7. The summed E-state index contributed by atoms with van der Waals surface area (Å²) in [5, 5.41) is 3.37. The Kier molecular flexibility index (Phi) is 14.3. The van der Waals surface area contributed by atoms with Crippen molar-refractivity contribution in [2.45, 2.75) is 71.1 Å². The number of amides is 1. The van der Waals surface area contributed by atoms with Crippen molar-refractivity contribution in [1.29, 1.82) is 0 Å². The van der Waals surface area contributed by atoms with Crippen LogP contribution in [0.1, 0.15) is 57.1 Å². The molecule has 2 aromatic carbocycles. The highest BCUT2D eigenvalue weighted by atomic mass is 79.9. The van der Waals surface area contributed by atoms with Gasteiger partial charge in [-0.15, -0.1) is 0 Å². The number of methoxy groups -OCH3 is 1. The van der Waals surface area contributed by atoms with Gasteiger partial charge in [0.25, 0.3) is 0 Å². The van der Waals surface area contributed by atoms with Gasteiger partial charge in [0.05, 0.1) is 7.11 Å². The van der Waals surface area contributed by atoms with Gasteiger partial charge in [-0.25, -0.2) is 0 Å². The molecule has 8 heteroatoms. The minimum absolute atomic E-state index is 0.0966. The molecule has 0 saturated carbocycles. The molecule has 3 N–H and O–H groups in total. The minimum Gasteiger partial charge on any atom is -0.497 e. The van der Waals surface area contributed by atoms with E-state index in [1.165, 1.54) is 0 Å². The average molecular weight is 577 g/mol. The molecule has 0 spiro atoms. The second kappa shape index (κ2) is 17.2. The van der Waals surface area contributed by atoms with E-state index in [9.17, 15) is 9.59 Å². The molecule has 1 amide bonds. The molecule has 0 fully saturated rings. The van der Waals surface area contributed by atoms with Crippen molar-refractivity contribution >= 4 is 27.8 Å². The van der Waals surface area contributed by atoms with E-state index in [4.69, 9.17) is 15.2 Å². The number of carbonyl (C=O) groups excluding carboxylic acids is 2. The number of ether oxygens (including phenoxy) is 2. The molecule has 2 unspecified atom stereocenters. The van der Waals surface area contributed by atoms with Gasteiger partial charge in [0.2, 0.25) is 5.91 Å². The number of hydrogen-bond acceptors (Lipinski definition) is 6. The molecule has 0 bridgehead atoms. The van der Waals surface area contributed by atoms with Gasteiger partial charge in [0, 0.05) is 49.5 Å². The first kappa shape index (κ1) is 30.8. The zero-order valence-electron chi connectivity index (χ0n) is 22.4. The van der Waals surface area contributed by atoms with Gasteiger partial charge in [0.1, 0.15) is 11.9 Å². The summed E-state index contributed by atoms with van der Waals surface area (Å²) >= 11 is 3.50. The zero-order valence-corrected chi connectivity index (χ0v) is 24.0. The van der Waals surface area contributed by atoms with Crippen LogP contribution in [-0.2, 0) is 27.3 Å². The third kappa shape index (κ3) is 11.7. The quantitative estimate of drug-likeness (QED) is 0.262. The van der Waals surface area contributed by atoms with E-state index < -0.39 is 6.10 Å². The smallest absolute Gasteiger partial charge is 0.306 e. The van der Waals surface area contributed by atoms with Crippen molar-refractivity contribution in [3.8, 4) is 5.75 Å². The lowest BCUT2D eigenvalue weighted by Crippen LogP contribution is -2.45. The van der Waals surface area contributed by atoms with Crippen LogP contribution in [0.4, 0.5) is 0 Å². The number of nitrogens with two attached hydrogens (primary N) is 1. The van der Waals surface area contributed by atoms with Crippen LogP contribution < -0.4 is 15.8 Å². The van der Waals surface area contributed by atoms with Crippen molar-refractivity contribution in [2.75, 3.05) is 26.7 Å². The molecule has 0 radical (unpaired) electrons. The second-order valence-electron chi connectivity index (χ2n) is 9.24. The molecule has 204 valence electrons. The fourth-order valence-corrected chi connectivity index (χ4v) is 4.61. The van der Waals surface area contributed by atoms with E-state index in [2.05, 4.69) is 35.1 Å². The van der Waals surface area contributed by atoms with Gasteiger partial charge in [-0.05, 0) is 61.1 Å². The molecule has 0 aliphatic rings. The van der Waals surface area contributed by atoms with Crippen LogP contribution in [0.3, 0.4) is 0 Å². The SMILES string of the molecule is CCCN(CCC)C(=O)CCCC(=O)OC(CNCc1cccc(OC)c1)C(N)Cc1cccc(Br)c1. The molecular formula is C29H42BrN3O4. The van der Waals surface area contributed by atoms with Gasteiger partial charge in [0.15, 0.2) is 0 Å². The van der Waals surface area contributed by atoms with Crippen LogP contribution in [0.2, 0.25) is 0 Å². The lowest BCUT2D eigenvalue weighted by molar-refractivity contribution is -0.150. The normalized spacial score (nSPS) is 12.6. The zero-order chi connectivity index (χ0) is 27.0. The summed E-state index contributed by atoms with van der Waals surface area (Å²) < 4.78 is 12.1. The molecule has 0 saturated heterocycles. The van der Waals surface area contributed by atoms with Crippen molar-refractivity contribution in [3.05, 3.63) is 64.1 Å². The lowest BCUT2D eigenvalue weighted by Gasteiger charge is -2.25. The van der Waals surface area contributed by atoms with Crippen molar-refractivity contribution < 1.29 is 19.1 Å². The van der Waals surface area contributed by atoms with E-state index in [-0.39, 0.29) is 24.3 Å². The average Bonchev–Trinajstić information content (AvgIpc) is 2.88. The Balaban J connectivity index is 1.95. The third-order valence-corrected chi connectivity index (χ3v) is 6.53. The molecule has 37 heavy (non-hydrogen) atoms. The van der Waals surface area contributed by atoms with Crippen LogP contribution in [0.5, 0.6) is 5.75 Å².